The Labute approximate surface area is 170 Å². The molecule has 0 saturated carbocycles. The summed E-state index contributed by atoms with van der Waals surface area (Å²) in [4.78, 5) is 30.3. The van der Waals surface area contributed by atoms with E-state index in [4.69, 9.17) is 4.98 Å². The van der Waals surface area contributed by atoms with Crippen LogP contribution in [0.4, 0.5) is 5.69 Å². The number of nitrogens with zero attached hydrogens (tertiary/aromatic N) is 2. The molecule has 0 aliphatic carbocycles. The van der Waals surface area contributed by atoms with Crippen molar-refractivity contribution < 1.29 is 4.79 Å². The van der Waals surface area contributed by atoms with Gasteiger partial charge in [0.05, 0.1) is 10.9 Å². The molecule has 1 atom stereocenters. The summed E-state index contributed by atoms with van der Waals surface area (Å²) in [5, 5.41) is 3.52. The standard InChI is InChI=1S/C24H27N3O2/c1-3-16(2)17-8-11-19(12-9-17)25-23(28)18-10-13-20-21(15-18)26-22-7-5-4-6-14-27(22)24(20)29/h8-13,15-16H,3-7,14H2,1-2H3,(H,25,28). The van der Waals surface area contributed by atoms with Gasteiger partial charge in [-0.05, 0) is 61.1 Å². The van der Waals surface area contributed by atoms with E-state index in [0.717, 1.165) is 50.2 Å². The molecule has 1 N–H and O–H groups in total. The van der Waals surface area contributed by atoms with E-state index >= 15 is 0 Å². The quantitative estimate of drug-likeness (QED) is 0.691. The van der Waals surface area contributed by atoms with E-state index in [1.165, 1.54) is 5.56 Å². The van der Waals surface area contributed by atoms with Gasteiger partial charge in [0, 0.05) is 24.2 Å². The van der Waals surface area contributed by atoms with Crippen LogP contribution in [0.1, 0.15) is 67.2 Å². The van der Waals surface area contributed by atoms with E-state index in [9.17, 15) is 9.59 Å². The number of anilines is 1. The summed E-state index contributed by atoms with van der Waals surface area (Å²) in [6.07, 6.45) is 5.06. The van der Waals surface area contributed by atoms with Gasteiger partial charge in [-0.2, -0.15) is 0 Å². The van der Waals surface area contributed by atoms with Gasteiger partial charge in [0.2, 0.25) is 0 Å². The zero-order chi connectivity index (χ0) is 20.4. The monoisotopic (exact) mass is 389 g/mol. The summed E-state index contributed by atoms with van der Waals surface area (Å²) in [6.45, 7) is 5.09. The van der Waals surface area contributed by atoms with Gasteiger partial charge in [0.25, 0.3) is 11.5 Å². The maximum absolute atomic E-state index is 12.8. The fraction of sp³-hybridized carbons (Fsp3) is 0.375. The number of carbonyl (C=O) groups excluding carboxylic acids is 1. The zero-order valence-corrected chi connectivity index (χ0v) is 17.1. The van der Waals surface area contributed by atoms with Crippen LogP contribution in [-0.2, 0) is 13.0 Å². The number of amides is 1. The molecular formula is C24H27N3O2. The predicted molar refractivity (Wildman–Crippen MR) is 117 cm³/mol. The topological polar surface area (TPSA) is 64.0 Å². The predicted octanol–water partition coefficient (Wildman–Crippen LogP) is 4.89. The summed E-state index contributed by atoms with van der Waals surface area (Å²) in [7, 11) is 0. The third-order valence-corrected chi connectivity index (χ3v) is 5.93. The van der Waals surface area contributed by atoms with Crippen LogP contribution in [0.5, 0.6) is 0 Å². The van der Waals surface area contributed by atoms with Crippen LogP contribution in [0.15, 0.2) is 47.3 Å². The Balaban J connectivity index is 1.60. The number of fused-ring (bicyclic) bond motifs is 2. The molecule has 5 heteroatoms. The number of rotatable bonds is 4. The molecule has 0 radical (unpaired) electrons. The molecule has 1 aromatic heterocycles. The Kier molecular flexibility index (Phi) is 5.47. The molecule has 5 nitrogen and oxygen atoms in total. The van der Waals surface area contributed by atoms with Gasteiger partial charge in [0.15, 0.2) is 0 Å². The number of hydrogen-bond acceptors (Lipinski definition) is 3. The van der Waals surface area contributed by atoms with Crippen LogP contribution in [-0.4, -0.2) is 15.5 Å². The minimum Gasteiger partial charge on any atom is -0.322 e. The van der Waals surface area contributed by atoms with Crippen LogP contribution in [0, 0.1) is 0 Å². The lowest BCUT2D eigenvalue weighted by Crippen LogP contribution is -2.24. The first-order valence-electron chi connectivity index (χ1n) is 10.5. The highest BCUT2D eigenvalue weighted by atomic mass is 16.1. The SMILES string of the molecule is CCC(C)c1ccc(NC(=O)c2ccc3c(=O)n4c(nc3c2)CCCCC4)cc1. The van der Waals surface area contributed by atoms with Gasteiger partial charge in [-0.3, -0.25) is 14.2 Å². The molecule has 1 unspecified atom stereocenters. The number of benzene rings is 2. The molecule has 2 aromatic carbocycles. The Morgan fingerprint density at radius 1 is 1.14 bits per heavy atom. The summed E-state index contributed by atoms with van der Waals surface area (Å²) >= 11 is 0. The van der Waals surface area contributed by atoms with E-state index in [1.54, 1.807) is 22.8 Å². The fourth-order valence-electron chi connectivity index (χ4n) is 3.89. The van der Waals surface area contributed by atoms with E-state index in [-0.39, 0.29) is 11.5 Å². The molecule has 0 fully saturated rings. The van der Waals surface area contributed by atoms with E-state index in [0.29, 0.717) is 22.4 Å². The molecule has 0 saturated heterocycles. The normalized spacial score (nSPS) is 14.8. The van der Waals surface area contributed by atoms with Crippen LogP contribution in [0.25, 0.3) is 10.9 Å². The Hall–Kier alpha value is -2.95. The van der Waals surface area contributed by atoms with Gasteiger partial charge < -0.3 is 5.32 Å². The van der Waals surface area contributed by atoms with Crippen molar-refractivity contribution in [2.75, 3.05) is 5.32 Å². The third kappa shape index (κ3) is 3.95. The van der Waals surface area contributed by atoms with Crippen molar-refractivity contribution in [1.29, 1.82) is 0 Å². The largest absolute Gasteiger partial charge is 0.322 e. The van der Waals surface area contributed by atoms with Crippen LogP contribution in [0.3, 0.4) is 0 Å². The van der Waals surface area contributed by atoms with Crippen molar-refractivity contribution in [3.05, 3.63) is 69.8 Å². The molecule has 1 amide bonds. The number of aromatic nitrogens is 2. The van der Waals surface area contributed by atoms with Gasteiger partial charge in [-0.25, -0.2) is 4.98 Å². The highest BCUT2D eigenvalue weighted by molar-refractivity contribution is 6.06. The van der Waals surface area contributed by atoms with Crippen LogP contribution >= 0.6 is 0 Å². The summed E-state index contributed by atoms with van der Waals surface area (Å²) < 4.78 is 1.80. The maximum Gasteiger partial charge on any atom is 0.261 e. The first kappa shape index (κ1) is 19.4. The highest BCUT2D eigenvalue weighted by Crippen LogP contribution is 2.21. The zero-order valence-electron chi connectivity index (χ0n) is 17.1. The molecular weight excluding hydrogens is 362 g/mol. The lowest BCUT2D eigenvalue weighted by atomic mass is 9.98. The van der Waals surface area contributed by atoms with E-state index in [1.807, 2.05) is 12.1 Å². The smallest absolute Gasteiger partial charge is 0.261 e. The van der Waals surface area contributed by atoms with Gasteiger partial charge in [-0.1, -0.05) is 32.4 Å². The molecule has 150 valence electrons. The van der Waals surface area contributed by atoms with Crippen molar-refractivity contribution in [3.8, 4) is 0 Å². The first-order chi connectivity index (χ1) is 14.1. The van der Waals surface area contributed by atoms with Gasteiger partial charge >= 0.3 is 0 Å². The molecule has 3 aromatic rings. The number of nitrogens with one attached hydrogen (secondary N) is 1. The molecule has 29 heavy (non-hydrogen) atoms. The van der Waals surface area contributed by atoms with Crippen LogP contribution in [0.2, 0.25) is 0 Å². The van der Waals surface area contributed by atoms with Gasteiger partial charge in [-0.15, -0.1) is 0 Å². The van der Waals surface area contributed by atoms with Crippen molar-refractivity contribution in [1.82, 2.24) is 9.55 Å². The Bertz CT molecular complexity index is 1100. The fourth-order valence-corrected chi connectivity index (χ4v) is 3.89. The van der Waals surface area contributed by atoms with Crippen LogP contribution < -0.4 is 10.9 Å². The molecule has 1 aliphatic rings. The molecule has 1 aliphatic heterocycles. The lowest BCUT2D eigenvalue weighted by molar-refractivity contribution is 0.102. The van der Waals surface area contributed by atoms with Crippen molar-refractivity contribution in [2.24, 2.45) is 0 Å². The second-order valence-corrected chi connectivity index (χ2v) is 7.91. The third-order valence-electron chi connectivity index (χ3n) is 5.93. The summed E-state index contributed by atoms with van der Waals surface area (Å²) in [5.41, 5.74) is 3.13. The molecule has 4 rings (SSSR count). The first-order valence-corrected chi connectivity index (χ1v) is 10.5. The van der Waals surface area contributed by atoms with E-state index < -0.39 is 0 Å². The minimum atomic E-state index is -0.194. The van der Waals surface area contributed by atoms with Crippen molar-refractivity contribution >= 4 is 22.5 Å². The lowest BCUT2D eigenvalue weighted by Gasteiger charge is -2.12. The van der Waals surface area contributed by atoms with Gasteiger partial charge in [0.1, 0.15) is 5.82 Å². The number of aryl methyl sites for hydroxylation is 1. The van der Waals surface area contributed by atoms with Crippen molar-refractivity contribution in [3.63, 3.8) is 0 Å². The molecule has 0 bridgehead atoms. The molecule has 0 spiro atoms. The minimum absolute atomic E-state index is 0.000471. The molecule has 2 heterocycles. The Morgan fingerprint density at radius 3 is 2.69 bits per heavy atom. The summed E-state index contributed by atoms with van der Waals surface area (Å²) in [5.74, 6) is 1.14. The second kappa shape index (κ2) is 8.19. The van der Waals surface area contributed by atoms with E-state index in [2.05, 4.69) is 31.3 Å². The number of hydrogen-bond donors (Lipinski definition) is 1. The average Bonchev–Trinajstić information content (AvgIpc) is 2.99. The second-order valence-electron chi connectivity index (χ2n) is 7.91. The average molecular weight is 389 g/mol. The number of carbonyl (C=O) groups is 1. The maximum atomic E-state index is 12.8. The Morgan fingerprint density at radius 2 is 1.93 bits per heavy atom. The summed E-state index contributed by atoms with van der Waals surface area (Å²) in [6, 6.07) is 13.1. The van der Waals surface area contributed by atoms with Crippen molar-refractivity contribution in [2.45, 2.75) is 58.4 Å². The highest BCUT2D eigenvalue weighted by Gasteiger charge is 2.15.